The average molecular weight is 281 g/mol. The number of carbonyl (C=O) groups excluding carboxylic acids is 1. The third-order valence-corrected chi connectivity index (χ3v) is 2.53. The maximum absolute atomic E-state index is 12.9. The molecule has 7 heteroatoms. The minimum Gasteiger partial charge on any atom is -0.383 e. The highest BCUT2D eigenvalue weighted by atomic mass is 35.5. The van der Waals surface area contributed by atoms with Gasteiger partial charge < -0.3 is 15.8 Å². The Hall–Kier alpha value is -0.880. The Bertz CT molecular complexity index is 406. The zero-order chi connectivity index (χ0) is 13.0. The van der Waals surface area contributed by atoms with Crippen LogP contribution in [-0.2, 0) is 9.53 Å². The molecule has 0 aromatic heterocycles. The van der Waals surface area contributed by atoms with Gasteiger partial charge in [0, 0.05) is 7.11 Å². The van der Waals surface area contributed by atoms with Crippen molar-refractivity contribution in [2.75, 3.05) is 19.0 Å². The number of anilines is 1. The van der Waals surface area contributed by atoms with Gasteiger partial charge in [0.2, 0.25) is 5.91 Å². The van der Waals surface area contributed by atoms with Crippen LogP contribution in [0.4, 0.5) is 10.1 Å². The highest BCUT2D eigenvalue weighted by Crippen LogP contribution is 2.31. The third-order valence-electron chi connectivity index (χ3n) is 1.94. The third kappa shape index (κ3) is 3.81. The van der Waals surface area contributed by atoms with Gasteiger partial charge >= 0.3 is 0 Å². The summed E-state index contributed by atoms with van der Waals surface area (Å²) in [4.78, 5) is 11.6. The first-order valence-electron chi connectivity index (χ1n) is 4.65. The molecule has 0 spiro atoms. The number of carbonyl (C=O) groups is 1. The standard InChI is InChI=1S/C10H11Cl2FN2O2/c1-17-4-8(14)10(16)15-9-6(11)2-5(13)3-7(9)12/h2-3,8H,4,14H2,1H3,(H,15,16). The van der Waals surface area contributed by atoms with Crippen molar-refractivity contribution in [1.82, 2.24) is 0 Å². The van der Waals surface area contributed by atoms with Crippen LogP contribution in [0.1, 0.15) is 0 Å². The van der Waals surface area contributed by atoms with E-state index in [1.54, 1.807) is 0 Å². The van der Waals surface area contributed by atoms with Crippen LogP contribution in [0.25, 0.3) is 0 Å². The summed E-state index contributed by atoms with van der Waals surface area (Å²) in [5, 5.41) is 2.43. The first kappa shape index (κ1) is 14.2. The van der Waals surface area contributed by atoms with Crippen LogP contribution in [0.5, 0.6) is 0 Å². The molecule has 4 nitrogen and oxygen atoms in total. The molecule has 1 rings (SSSR count). The van der Waals surface area contributed by atoms with Crippen molar-refractivity contribution in [1.29, 1.82) is 0 Å². The van der Waals surface area contributed by atoms with Gasteiger partial charge in [-0.3, -0.25) is 4.79 Å². The largest absolute Gasteiger partial charge is 0.383 e. The summed E-state index contributed by atoms with van der Waals surface area (Å²) in [7, 11) is 1.42. The van der Waals surface area contributed by atoms with Gasteiger partial charge in [-0.1, -0.05) is 23.2 Å². The van der Waals surface area contributed by atoms with Gasteiger partial charge in [0.05, 0.1) is 22.3 Å². The highest BCUT2D eigenvalue weighted by Gasteiger charge is 2.17. The molecule has 0 bridgehead atoms. The monoisotopic (exact) mass is 280 g/mol. The van der Waals surface area contributed by atoms with Crippen molar-refractivity contribution in [2.24, 2.45) is 5.73 Å². The molecular weight excluding hydrogens is 270 g/mol. The molecule has 0 aliphatic carbocycles. The topological polar surface area (TPSA) is 64.3 Å². The lowest BCUT2D eigenvalue weighted by atomic mass is 10.2. The number of nitrogens with two attached hydrogens (primary N) is 1. The second-order valence-corrected chi connectivity index (χ2v) is 4.11. The minimum absolute atomic E-state index is 0.00738. The van der Waals surface area contributed by atoms with Crippen LogP contribution in [0.2, 0.25) is 10.0 Å². The quantitative estimate of drug-likeness (QED) is 0.887. The Morgan fingerprint density at radius 1 is 1.53 bits per heavy atom. The number of amides is 1. The fourth-order valence-corrected chi connectivity index (χ4v) is 1.69. The molecule has 0 aliphatic rings. The Kier molecular flexibility index (Phi) is 5.14. The smallest absolute Gasteiger partial charge is 0.243 e. The molecule has 3 N–H and O–H groups in total. The van der Waals surface area contributed by atoms with Crippen molar-refractivity contribution in [3.8, 4) is 0 Å². The van der Waals surface area contributed by atoms with Gasteiger partial charge in [-0.05, 0) is 12.1 Å². The van der Waals surface area contributed by atoms with Gasteiger partial charge in [0.25, 0.3) is 0 Å². The van der Waals surface area contributed by atoms with E-state index in [0.29, 0.717) is 0 Å². The van der Waals surface area contributed by atoms with Gasteiger partial charge in [0.15, 0.2) is 0 Å². The van der Waals surface area contributed by atoms with Crippen molar-refractivity contribution in [3.05, 3.63) is 28.0 Å². The molecule has 1 amide bonds. The fourth-order valence-electron chi connectivity index (χ4n) is 1.13. The summed E-state index contributed by atoms with van der Waals surface area (Å²) in [6, 6.07) is 1.24. The van der Waals surface area contributed by atoms with Gasteiger partial charge in [-0.2, -0.15) is 0 Å². The van der Waals surface area contributed by atoms with Crippen LogP contribution in [0, 0.1) is 5.82 Å². The van der Waals surface area contributed by atoms with E-state index in [9.17, 15) is 9.18 Å². The highest BCUT2D eigenvalue weighted by molar-refractivity contribution is 6.39. The van der Waals surface area contributed by atoms with Crippen LogP contribution < -0.4 is 11.1 Å². The molecule has 1 unspecified atom stereocenters. The van der Waals surface area contributed by atoms with E-state index in [2.05, 4.69) is 5.32 Å². The number of rotatable bonds is 4. The van der Waals surface area contributed by atoms with E-state index >= 15 is 0 Å². The average Bonchev–Trinajstić information content (AvgIpc) is 2.23. The molecule has 0 saturated heterocycles. The predicted molar refractivity (Wildman–Crippen MR) is 64.9 cm³/mol. The lowest BCUT2D eigenvalue weighted by molar-refractivity contribution is -0.118. The number of hydrogen-bond acceptors (Lipinski definition) is 3. The molecule has 0 radical (unpaired) electrons. The Morgan fingerprint density at radius 2 is 2.06 bits per heavy atom. The SMILES string of the molecule is COCC(N)C(=O)Nc1c(Cl)cc(F)cc1Cl. The van der Waals surface area contributed by atoms with Crippen molar-refractivity contribution in [2.45, 2.75) is 6.04 Å². The molecular formula is C10H11Cl2FN2O2. The first-order chi connectivity index (χ1) is 7.95. The second-order valence-electron chi connectivity index (χ2n) is 3.30. The number of benzene rings is 1. The molecule has 1 aromatic rings. The minimum atomic E-state index is -0.850. The summed E-state index contributed by atoms with van der Waals surface area (Å²) in [5.41, 5.74) is 5.64. The zero-order valence-corrected chi connectivity index (χ0v) is 10.5. The van der Waals surface area contributed by atoms with Crippen LogP contribution >= 0.6 is 23.2 Å². The van der Waals surface area contributed by atoms with Crippen LogP contribution in [0.3, 0.4) is 0 Å². The van der Waals surface area contributed by atoms with E-state index in [4.69, 9.17) is 33.7 Å². The number of methoxy groups -OCH3 is 1. The predicted octanol–water partition coefficient (Wildman–Crippen LogP) is 2.04. The Morgan fingerprint density at radius 3 is 2.53 bits per heavy atom. The van der Waals surface area contributed by atoms with Gasteiger partial charge in [-0.25, -0.2) is 4.39 Å². The summed E-state index contributed by atoms with van der Waals surface area (Å²) in [6.45, 7) is 0.0578. The molecule has 0 aliphatic heterocycles. The van der Waals surface area contributed by atoms with Gasteiger partial charge in [-0.15, -0.1) is 0 Å². The lowest BCUT2D eigenvalue weighted by Crippen LogP contribution is -2.39. The van der Waals surface area contributed by atoms with Crippen molar-refractivity contribution < 1.29 is 13.9 Å². The zero-order valence-electron chi connectivity index (χ0n) is 8.97. The number of halogens is 3. The van der Waals surface area contributed by atoms with Gasteiger partial charge in [0.1, 0.15) is 11.9 Å². The second kappa shape index (κ2) is 6.16. The molecule has 94 valence electrons. The summed E-state index contributed by atoms with van der Waals surface area (Å²) >= 11 is 11.5. The summed E-state index contributed by atoms with van der Waals surface area (Å²) < 4.78 is 17.6. The van der Waals surface area contributed by atoms with E-state index < -0.39 is 17.8 Å². The molecule has 1 atom stereocenters. The van der Waals surface area contributed by atoms with E-state index in [1.165, 1.54) is 7.11 Å². The number of hydrogen-bond donors (Lipinski definition) is 2. The van der Waals surface area contributed by atoms with Crippen LogP contribution in [0.15, 0.2) is 12.1 Å². The molecule has 0 heterocycles. The molecule has 1 aromatic carbocycles. The maximum atomic E-state index is 12.9. The fraction of sp³-hybridized carbons (Fsp3) is 0.300. The lowest BCUT2D eigenvalue weighted by Gasteiger charge is -2.13. The Balaban J connectivity index is 2.85. The number of ether oxygens (including phenoxy) is 1. The van der Waals surface area contributed by atoms with E-state index in [1.807, 2.05) is 0 Å². The summed E-state index contributed by atoms with van der Waals surface area (Å²) in [6.07, 6.45) is 0. The van der Waals surface area contributed by atoms with E-state index in [-0.39, 0.29) is 22.3 Å². The first-order valence-corrected chi connectivity index (χ1v) is 5.41. The molecule has 17 heavy (non-hydrogen) atoms. The van der Waals surface area contributed by atoms with Crippen LogP contribution in [-0.4, -0.2) is 25.7 Å². The maximum Gasteiger partial charge on any atom is 0.243 e. The van der Waals surface area contributed by atoms with E-state index in [0.717, 1.165) is 12.1 Å². The number of nitrogens with one attached hydrogen (secondary N) is 1. The molecule has 0 fully saturated rings. The normalized spacial score (nSPS) is 12.3. The Labute approximate surface area is 108 Å². The molecule has 0 saturated carbocycles. The summed E-state index contributed by atoms with van der Waals surface area (Å²) in [5.74, 6) is -1.10. The van der Waals surface area contributed by atoms with Crippen molar-refractivity contribution in [3.63, 3.8) is 0 Å². The van der Waals surface area contributed by atoms with Crippen molar-refractivity contribution >= 4 is 34.8 Å².